The number of para-hydroxylation sites is 1. The Balaban J connectivity index is 1.67. The van der Waals surface area contributed by atoms with Crippen molar-refractivity contribution in [3.63, 3.8) is 0 Å². The van der Waals surface area contributed by atoms with E-state index in [0.717, 1.165) is 4.90 Å². The molecule has 1 aliphatic rings. The van der Waals surface area contributed by atoms with Crippen LogP contribution >= 0.6 is 23.2 Å². The van der Waals surface area contributed by atoms with E-state index in [9.17, 15) is 19.2 Å². The van der Waals surface area contributed by atoms with Crippen molar-refractivity contribution in [2.45, 2.75) is 0 Å². The largest absolute Gasteiger partial charge is 0.452 e. The van der Waals surface area contributed by atoms with Gasteiger partial charge < -0.3 is 10.1 Å². The number of rotatable bonds is 6. The molecule has 3 rings (SSSR count). The van der Waals surface area contributed by atoms with Crippen LogP contribution in [0.3, 0.4) is 0 Å². The maximum Gasteiger partial charge on any atom is 0.338 e. The van der Waals surface area contributed by atoms with Gasteiger partial charge in [-0.2, -0.15) is 0 Å². The van der Waals surface area contributed by atoms with E-state index in [1.165, 1.54) is 24.3 Å². The van der Waals surface area contributed by atoms with Gasteiger partial charge in [-0.25, -0.2) is 4.79 Å². The summed E-state index contributed by atoms with van der Waals surface area (Å²) in [4.78, 5) is 49.8. The SMILES string of the molecule is C=CCN1C(=O)c2ccc(C(=O)OCC(=O)Nc3c(Cl)cccc3Cl)cc2C1=O. The molecule has 0 aromatic heterocycles. The highest BCUT2D eigenvalue weighted by molar-refractivity contribution is 6.39. The van der Waals surface area contributed by atoms with Gasteiger partial charge in [-0.1, -0.05) is 35.3 Å². The minimum atomic E-state index is -0.823. The molecule has 148 valence electrons. The van der Waals surface area contributed by atoms with Crippen molar-refractivity contribution < 1.29 is 23.9 Å². The number of anilines is 1. The van der Waals surface area contributed by atoms with Crippen LogP contribution in [0.1, 0.15) is 31.1 Å². The van der Waals surface area contributed by atoms with Crippen LogP contribution < -0.4 is 5.32 Å². The lowest BCUT2D eigenvalue weighted by molar-refractivity contribution is -0.119. The first-order valence-corrected chi connectivity index (χ1v) is 9.11. The zero-order valence-corrected chi connectivity index (χ0v) is 16.4. The van der Waals surface area contributed by atoms with Crippen molar-refractivity contribution in [3.05, 3.63) is 75.8 Å². The number of benzene rings is 2. The van der Waals surface area contributed by atoms with Crippen LogP contribution in [0.25, 0.3) is 0 Å². The molecule has 0 saturated carbocycles. The average Bonchev–Trinajstić information content (AvgIpc) is 2.94. The molecule has 0 spiro atoms. The van der Waals surface area contributed by atoms with Gasteiger partial charge in [0.05, 0.1) is 32.4 Å². The molecule has 0 aliphatic carbocycles. The van der Waals surface area contributed by atoms with Gasteiger partial charge in [0.15, 0.2) is 6.61 Å². The molecule has 0 fully saturated rings. The van der Waals surface area contributed by atoms with Gasteiger partial charge in [-0.15, -0.1) is 6.58 Å². The van der Waals surface area contributed by atoms with Gasteiger partial charge in [0.1, 0.15) is 0 Å². The first-order valence-electron chi connectivity index (χ1n) is 8.35. The molecule has 3 amide bonds. The third kappa shape index (κ3) is 4.16. The maximum atomic E-state index is 12.3. The molecule has 0 saturated heterocycles. The second-order valence-electron chi connectivity index (χ2n) is 5.99. The number of ether oxygens (including phenoxy) is 1. The van der Waals surface area contributed by atoms with Crippen LogP contribution in [0, 0.1) is 0 Å². The van der Waals surface area contributed by atoms with Gasteiger partial charge in [-0.3, -0.25) is 19.3 Å². The van der Waals surface area contributed by atoms with E-state index >= 15 is 0 Å². The van der Waals surface area contributed by atoms with Crippen LogP contribution in [0.15, 0.2) is 49.1 Å². The lowest BCUT2D eigenvalue weighted by Gasteiger charge is -2.10. The number of hydrogen-bond donors (Lipinski definition) is 1. The van der Waals surface area contributed by atoms with E-state index in [1.54, 1.807) is 18.2 Å². The molecule has 0 radical (unpaired) electrons. The fourth-order valence-corrected chi connectivity index (χ4v) is 3.21. The highest BCUT2D eigenvalue weighted by atomic mass is 35.5. The number of imide groups is 1. The van der Waals surface area contributed by atoms with Crippen molar-refractivity contribution in [3.8, 4) is 0 Å². The van der Waals surface area contributed by atoms with Crippen molar-refractivity contribution in [2.75, 3.05) is 18.5 Å². The summed E-state index contributed by atoms with van der Waals surface area (Å²) in [6.07, 6.45) is 1.43. The molecular formula is C20H14Cl2N2O5. The smallest absolute Gasteiger partial charge is 0.338 e. The molecule has 0 atom stereocenters. The van der Waals surface area contributed by atoms with E-state index in [4.69, 9.17) is 27.9 Å². The summed E-state index contributed by atoms with van der Waals surface area (Å²) in [6, 6.07) is 8.72. The van der Waals surface area contributed by atoms with E-state index in [0.29, 0.717) is 0 Å². The van der Waals surface area contributed by atoms with Gasteiger partial charge in [0.2, 0.25) is 0 Å². The van der Waals surface area contributed by atoms with Crippen molar-refractivity contribution in [2.24, 2.45) is 0 Å². The summed E-state index contributed by atoms with van der Waals surface area (Å²) in [7, 11) is 0. The highest BCUT2D eigenvalue weighted by Crippen LogP contribution is 2.29. The van der Waals surface area contributed by atoms with Crippen LogP contribution in [-0.2, 0) is 9.53 Å². The maximum absolute atomic E-state index is 12.3. The average molecular weight is 433 g/mol. The minimum Gasteiger partial charge on any atom is -0.452 e. The standard InChI is InChI=1S/C20H14Cl2N2O5/c1-2-8-24-18(26)12-7-6-11(9-13(12)19(24)27)20(28)29-10-16(25)23-17-14(21)4-3-5-15(17)22/h2-7,9H,1,8,10H2,(H,23,25). The summed E-state index contributed by atoms with van der Waals surface area (Å²) in [5.74, 6) is -2.44. The van der Waals surface area contributed by atoms with E-state index in [2.05, 4.69) is 11.9 Å². The monoisotopic (exact) mass is 432 g/mol. The molecule has 1 aliphatic heterocycles. The first-order chi connectivity index (χ1) is 13.8. The van der Waals surface area contributed by atoms with Gasteiger partial charge in [0, 0.05) is 6.54 Å². The quantitative estimate of drug-likeness (QED) is 0.427. The van der Waals surface area contributed by atoms with Gasteiger partial charge >= 0.3 is 5.97 Å². The second kappa shape index (κ2) is 8.46. The molecule has 1 N–H and O–H groups in total. The Labute approximate surface area is 175 Å². The zero-order valence-electron chi connectivity index (χ0n) is 14.9. The number of amides is 3. The Morgan fingerprint density at radius 1 is 1.07 bits per heavy atom. The molecule has 0 bridgehead atoms. The number of nitrogens with one attached hydrogen (secondary N) is 1. The van der Waals surface area contributed by atoms with Gasteiger partial charge in [-0.05, 0) is 30.3 Å². The fourth-order valence-electron chi connectivity index (χ4n) is 2.72. The predicted molar refractivity (Wildman–Crippen MR) is 107 cm³/mol. The van der Waals surface area contributed by atoms with Crippen LogP contribution in [-0.4, -0.2) is 41.7 Å². The molecule has 2 aromatic carbocycles. The number of esters is 1. The van der Waals surface area contributed by atoms with E-state index < -0.39 is 30.3 Å². The second-order valence-corrected chi connectivity index (χ2v) is 6.81. The van der Waals surface area contributed by atoms with Crippen LogP contribution in [0.5, 0.6) is 0 Å². The lowest BCUT2D eigenvalue weighted by Crippen LogP contribution is -2.29. The highest BCUT2D eigenvalue weighted by Gasteiger charge is 2.35. The minimum absolute atomic E-state index is 0.0360. The molecule has 1 heterocycles. The number of hydrogen-bond acceptors (Lipinski definition) is 5. The topological polar surface area (TPSA) is 92.8 Å². The number of carbonyl (C=O) groups is 4. The number of fused-ring (bicyclic) bond motifs is 1. The summed E-state index contributed by atoms with van der Waals surface area (Å²) in [5.41, 5.74) is 0.535. The Morgan fingerprint density at radius 3 is 2.38 bits per heavy atom. The summed E-state index contributed by atoms with van der Waals surface area (Å²) < 4.78 is 4.97. The molecule has 9 heteroatoms. The van der Waals surface area contributed by atoms with Crippen LogP contribution in [0.4, 0.5) is 5.69 Å². The predicted octanol–water partition coefficient (Wildman–Crippen LogP) is 3.57. The van der Waals surface area contributed by atoms with Crippen molar-refractivity contribution in [1.82, 2.24) is 4.90 Å². The van der Waals surface area contributed by atoms with E-state index in [1.807, 2.05) is 0 Å². The van der Waals surface area contributed by atoms with E-state index in [-0.39, 0.29) is 39.0 Å². The summed E-state index contributed by atoms with van der Waals surface area (Å²) >= 11 is 11.9. The zero-order chi connectivity index (χ0) is 21.1. The number of nitrogens with zero attached hydrogens (tertiary/aromatic N) is 1. The number of carbonyl (C=O) groups excluding carboxylic acids is 4. The molecule has 0 unspecified atom stereocenters. The third-order valence-corrected chi connectivity index (χ3v) is 4.71. The Hall–Kier alpha value is -3.16. The first kappa shape index (κ1) is 20.6. The van der Waals surface area contributed by atoms with Crippen molar-refractivity contribution in [1.29, 1.82) is 0 Å². The Morgan fingerprint density at radius 2 is 1.72 bits per heavy atom. The lowest BCUT2D eigenvalue weighted by atomic mass is 10.1. The molecule has 2 aromatic rings. The normalized spacial score (nSPS) is 12.6. The number of halogens is 2. The Kier molecular flexibility index (Phi) is 6.00. The van der Waals surface area contributed by atoms with Crippen LogP contribution in [0.2, 0.25) is 10.0 Å². The Bertz CT molecular complexity index is 1030. The van der Waals surface area contributed by atoms with Crippen molar-refractivity contribution >= 4 is 52.6 Å². The molecular weight excluding hydrogens is 419 g/mol. The summed E-state index contributed by atoms with van der Waals surface area (Å²) in [6.45, 7) is 2.98. The summed E-state index contributed by atoms with van der Waals surface area (Å²) in [5, 5.41) is 2.94. The molecule has 29 heavy (non-hydrogen) atoms. The van der Waals surface area contributed by atoms with Gasteiger partial charge in [0.25, 0.3) is 17.7 Å². The third-order valence-electron chi connectivity index (χ3n) is 4.08. The fraction of sp³-hybridized carbons (Fsp3) is 0.100. The molecule has 7 nitrogen and oxygen atoms in total.